The van der Waals surface area contributed by atoms with E-state index in [0.717, 1.165) is 41.5 Å². The van der Waals surface area contributed by atoms with Crippen LogP contribution in [-0.4, -0.2) is 83.9 Å². The van der Waals surface area contributed by atoms with E-state index in [2.05, 4.69) is 23.4 Å². The highest BCUT2D eigenvalue weighted by Crippen LogP contribution is 2.49. The lowest BCUT2D eigenvalue weighted by molar-refractivity contribution is -0.128. The second kappa shape index (κ2) is 16.7. The molecule has 3 unspecified atom stereocenters. The summed E-state index contributed by atoms with van der Waals surface area (Å²) >= 11 is 0.976. The molecule has 0 spiro atoms. The first-order valence-corrected chi connectivity index (χ1v) is 20.3. The number of nitrogens with zero attached hydrogens (tertiary/aromatic N) is 5. The molecule has 4 saturated heterocycles. The first-order chi connectivity index (χ1) is 26.6. The second-order valence-corrected chi connectivity index (χ2v) is 16.7. The SMILES string of the molecule is C=CC(=O)N1CC2CCC(C1)N2\C(C)=C1/C=C(C(F)(F)F)C(c2ccc(F)c3sc(C(C)C)c(C#N)c23)=C(F)/C1=N/C(=C/CC)OC.C[C@@H]1CC2CCCN2C1. The molecule has 7 nitrogen and oxygen atoms in total. The van der Waals surface area contributed by atoms with Crippen LogP contribution in [0.25, 0.3) is 15.7 Å². The summed E-state index contributed by atoms with van der Waals surface area (Å²) in [4.78, 5) is 23.6. The number of methoxy groups -OCH3 is 1. The number of fused-ring (bicyclic) bond motifs is 4. The van der Waals surface area contributed by atoms with Crippen molar-refractivity contribution < 1.29 is 31.5 Å². The molecule has 4 aliphatic heterocycles. The first-order valence-electron chi connectivity index (χ1n) is 19.5. The summed E-state index contributed by atoms with van der Waals surface area (Å²) in [6.07, 6.45) is 4.93. The molecule has 2 bridgehead atoms. The van der Waals surface area contributed by atoms with Crippen LogP contribution >= 0.6 is 11.3 Å². The van der Waals surface area contributed by atoms with Crippen LogP contribution in [0, 0.1) is 23.1 Å². The number of alkyl halides is 3. The zero-order valence-corrected chi connectivity index (χ0v) is 33.7. The Balaban J connectivity index is 0.000000512. The monoisotopic (exact) mass is 795 g/mol. The van der Waals surface area contributed by atoms with Gasteiger partial charge in [-0.05, 0) is 93.7 Å². The lowest BCUT2D eigenvalue weighted by Crippen LogP contribution is -2.54. The molecule has 300 valence electrons. The van der Waals surface area contributed by atoms with Gasteiger partial charge in [0, 0.05) is 64.9 Å². The molecule has 1 aromatic heterocycles. The van der Waals surface area contributed by atoms with Crippen LogP contribution in [0.1, 0.15) is 95.1 Å². The van der Waals surface area contributed by atoms with E-state index in [1.54, 1.807) is 31.7 Å². The van der Waals surface area contributed by atoms with Crippen molar-refractivity contribution in [3.8, 4) is 6.07 Å². The Morgan fingerprint density at radius 3 is 2.41 bits per heavy atom. The van der Waals surface area contributed by atoms with Crippen LogP contribution in [0.5, 0.6) is 0 Å². The lowest BCUT2D eigenvalue weighted by atomic mass is 9.84. The van der Waals surface area contributed by atoms with E-state index in [9.17, 15) is 10.1 Å². The van der Waals surface area contributed by atoms with Crippen molar-refractivity contribution in [2.45, 2.75) is 103 Å². The van der Waals surface area contributed by atoms with Gasteiger partial charge in [-0.3, -0.25) is 4.79 Å². The van der Waals surface area contributed by atoms with Crippen LogP contribution in [0.3, 0.4) is 0 Å². The number of amides is 1. The zero-order chi connectivity index (χ0) is 40.6. The molecule has 1 aromatic carbocycles. The van der Waals surface area contributed by atoms with Crippen molar-refractivity contribution in [1.82, 2.24) is 14.7 Å². The fraction of sp³-hybridized carbons (Fsp3) is 0.512. The van der Waals surface area contributed by atoms with Gasteiger partial charge in [0.15, 0.2) is 5.83 Å². The number of carbonyl (C=O) groups excluding carboxylic acids is 1. The predicted octanol–water partition coefficient (Wildman–Crippen LogP) is 10.2. The van der Waals surface area contributed by atoms with Crippen molar-refractivity contribution in [3.05, 3.63) is 87.3 Å². The first kappa shape index (κ1) is 41.4. The summed E-state index contributed by atoms with van der Waals surface area (Å²) in [5.74, 6) is -1.45. The number of carbonyl (C=O) groups is 1. The molecule has 1 amide bonds. The number of likely N-dealkylation sites (tertiary alicyclic amines) is 1. The highest BCUT2D eigenvalue weighted by molar-refractivity contribution is 7.19. The molecule has 0 radical (unpaired) electrons. The summed E-state index contributed by atoms with van der Waals surface area (Å²) < 4.78 is 82.9. The van der Waals surface area contributed by atoms with E-state index in [1.165, 1.54) is 45.5 Å². The number of piperazine rings is 1. The topological polar surface area (TPSA) is 72.2 Å². The van der Waals surface area contributed by atoms with Crippen LogP contribution in [0.2, 0.25) is 0 Å². The van der Waals surface area contributed by atoms with Crippen LogP contribution in [0.15, 0.2) is 70.5 Å². The molecule has 5 heterocycles. The van der Waals surface area contributed by atoms with Gasteiger partial charge in [-0.1, -0.05) is 40.3 Å². The molecule has 56 heavy (non-hydrogen) atoms. The third-order valence-electron chi connectivity index (χ3n) is 11.5. The third kappa shape index (κ3) is 7.84. The van der Waals surface area contributed by atoms with Gasteiger partial charge >= 0.3 is 6.18 Å². The van der Waals surface area contributed by atoms with Gasteiger partial charge in [-0.25, -0.2) is 13.8 Å². The van der Waals surface area contributed by atoms with Crippen LogP contribution in [-0.2, 0) is 9.53 Å². The van der Waals surface area contributed by atoms with Gasteiger partial charge in [-0.15, -0.1) is 11.3 Å². The smallest absolute Gasteiger partial charge is 0.417 e. The number of hydrogen-bond donors (Lipinski definition) is 0. The number of benzene rings is 1. The number of thiophene rings is 1. The third-order valence-corrected chi connectivity index (χ3v) is 13.0. The van der Waals surface area contributed by atoms with E-state index in [1.807, 2.05) is 17.9 Å². The normalized spacial score (nSPS) is 25.7. The summed E-state index contributed by atoms with van der Waals surface area (Å²) in [5, 5.41) is 10.0. The molecule has 0 saturated carbocycles. The molecule has 4 fully saturated rings. The quantitative estimate of drug-likeness (QED) is 0.159. The standard InChI is InChI=1S/C35H35F5N4O2S.C8H15N/c1-7-9-27(46-6)42-32-23(19(5)44-20-10-11-21(44)17-43(16-20)28(45)8-2)14-25(35(38,39)40)30(31(32)37)22-12-13-26(36)34-29(22)24(15-41)33(47-34)18(3)4;1-7-5-8-3-2-4-9(8)6-7/h8-9,12-14,18,20-21H,2,7,10-11,16-17H2,1,3-6H3;7-8H,2-6H2,1H3/b23-19+,27-9-,42-32+;/t;7-,8?/m.1/s1. The maximum absolute atomic E-state index is 17.2. The maximum atomic E-state index is 17.2. The molecule has 4 atom stereocenters. The van der Waals surface area contributed by atoms with E-state index in [0.29, 0.717) is 42.9 Å². The summed E-state index contributed by atoms with van der Waals surface area (Å²) in [7, 11) is 1.34. The maximum Gasteiger partial charge on any atom is 0.417 e. The van der Waals surface area contributed by atoms with E-state index in [-0.39, 0.29) is 62.3 Å². The number of hydrogen-bond acceptors (Lipinski definition) is 7. The average Bonchev–Trinajstić information content (AvgIpc) is 3.92. The van der Waals surface area contributed by atoms with Gasteiger partial charge in [0.2, 0.25) is 11.8 Å². The van der Waals surface area contributed by atoms with Crippen molar-refractivity contribution >= 4 is 38.6 Å². The highest BCUT2D eigenvalue weighted by atomic mass is 32.1. The van der Waals surface area contributed by atoms with Crippen molar-refractivity contribution in [2.75, 3.05) is 33.3 Å². The Bertz CT molecular complexity index is 2060. The van der Waals surface area contributed by atoms with Crippen molar-refractivity contribution in [3.63, 3.8) is 0 Å². The van der Waals surface area contributed by atoms with E-state index >= 15 is 22.0 Å². The summed E-state index contributed by atoms with van der Waals surface area (Å²) in [5.41, 5.74) is -2.40. The zero-order valence-electron chi connectivity index (χ0n) is 32.9. The van der Waals surface area contributed by atoms with Gasteiger partial charge in [-0.2, -0.15) is 18.4 Å². The molecule has 1 aliphatic carbocycles. The van der Waals surface area contributed by atoms with Gasteiger partial charge in [0.25, 0.3) is 0 Å². The van der Waals surface area contributed by atoms with Crippen molar-refractivity contribution in [2.24, 2.45) is 10.9 Å². The average molecular weight is 796 g/mol. The number of aliphatic imine (C=N–C) groups is 1. The minimum absolute atomic E-state index is 0.00937. The van der Waals surface area contributed by atoms with Crippen LogP contribution in [0.4, 0.5) is 22.0 Å². The Kier molecular flexibility index (Phi) is 12.3. The Morgan fingerprint density at radius 1 is 1.14 bits per heavy atom. The number of ether oxygens (including phenoxy) is 1. The molecule has 5 aliphatic rings. The Morgan fingerprint density at radius 2 is 1.84 bits per heavy atom. The van der Waals surface area contributed by atoms with E-state index < -0.39 is 29.0 Å². The van der Waals surface area contributed by atoms with Crippen LogP contribution < -0.4 is 0 Å². The Hall–Kier alpha value is -4.28. The second-order valence-electron chi connectivity index (χ2n) is 15.6. The minimum atomic E-state index is -5.04. The number of halogens is 5. The molecule has 2 aromatic rings. The minimum Gasteiger partial charge on any atom is -0.481 e. The predicted molar refractivity (Wildman–Crippen MR) is 212 cm³/mol. The molecular weight excluding hydrogens is 746 g/mol. The Labute approximate surface area is 330 Å². The number of nitriles is 1. The van der Waals surface area contributed by atoms with Crippen molar-refractivity contribution in [1.29, 1.82) is 5.26 Å². The number of allylic oxidation sites excluding steroid dienone is 7. The fourth-order valence-electron chi connectivity index (χ4n) is 9.13. The molecular formula is C43H50F5N5O2S. The molecule has 7 rings (SSSR count). The number of rotatable bonds is 7. The highest BCUT2D eigenvalue weighted by Gasteiger charge is 2.46. The largest absolute Gasteiger partial charge is 0.481 e. The van der Waals surface area contributed by atoms with E-state index in [4.69, 9.17) is 4.74 Å². The van der Waals surface area contributed by atoms with Gasteiger partial charge < -0.3 is 19.4 Å². The molecule has 13 heteroatoms. The lowest BCUT2D eigenvalue weighted by Gasteiger charge is -2.43. The summed E-state index contributed by atoms with van der Waals surface area (Å²) in [6, 6.07) is 4.71. The fourth-order valence-corrected chi connectivity index (χ4v) is 10.3. The summed E-state index contributed by atoms with van der Waals surface area (Å²) in [6.45, 7) is 16.4. The van der Waals surface area contributed by atoms with Gasteiger partial charge in [0.05, 0.1) is 22.9 Å². The van der Waals surface area contributed by atoms with Gasteiger partial charge in [0.1, 0.15) is 17.6 Å². The molecule has 0 N–H and O–H groups in total.